The molecule has 0 aliphatic rings. The number of hydrogen-bond acceptors (Lipinski definition) is 2. The van der Waals surface area contributed by atoms with E-state index in [1.54, 1.807) is 36.5 Å². The first-order valence-electron chi connectivity index (χ1n) is 6.39. The molecule has 0 radical (unpaired) electrons. The van der Waals surface area contributed by atoms with Gasteiger partial charge in [-0.2, -0.15) is 5.10 Å². The maximum absolute atomic E-state index is 13.8. The summed E-state index contributed by atoms with van der Waals surface area (Å²) in [5.41, 5.74) is 2.39. The van der Waals surface area contributed by atoms with E-state index in [9.17, 15) is 9.50 Å². The van der Waals surface area contributed by atoms with Gasteiger partial charge in [-0.3, -0.25) is 0 Å². The maximum atomic E-state index is 13.8. The molecule has 5 heteroatoms. The summed E-state index contributed by atoms with van der Waals surface area (Å²) in [5.74, 6) is -0.368. The number of aliphatic hydroxyl groups excluding tert-OH is 1. The highest BCUT2D eigenvalue weighted by Crippen LogP contribution is 2.25. The molecule has 0 aliphatic heterocycles. The summed E-state index contributed by atoms with van der Waals surface area (Å²) >= 11 is 5.87. The van der Waals surface area contributed by atoms with E-state index in [0.717, 1.165) is 5.56 Å². The van der Waals surface area contributed by atoms with Crippen LogP contribution in [0.4, 0.5) is 4.39 Å². The van der Waals surface area contributed by atoms with Crippen molar-refractivity contribution in [2.24, 2.45) is 0 Å². The second-order valence-corrected chi connectivity index (χ2v) is 5.00. The van der Waals surface area contributed by atoms with Gasteiger partial charge in [-0.1, -0.05) is 35.9 Å². The van der Waals surface area contributed by atoms with Crippen molar-refractivity contribution in [2.75, 3.05) is 0 Å². The van der Waals surface area contributed by atoms with Crippen LogP contribution >= 0.6 is 11.6 Å². The lowest BCUT2D eigenvalue weighted by molar-refractivity contribution is 0.282. The Morgan fingerprint density at radius 1 is 1.10 bits per heavy atom. The van der Waals surface area contributed by atoms with E-state index >= 15 is 0 Å². The van der Waals surface area contributed by atoms with Crippen molar-refractivity contribution in [3.05, 3.63) is 71.1 Å². The Hall–Kier alpha value is -2.17. The van der Waals surface area contributed by atoms with Crippen LogP contribution in [0.1, 0.15) is 5.56 Å². The molecule has 0 amide bonds. The van der Waals surface area contributed by atoms with Crippen molar-refractivity contribution in [1.29, 1.82) is 0 Å². The minimum absolute atomic E-state index is 0.174. The summed E-state index contributed by atoms with van der Waals surface area (Å²) < 4.78 is 15.3. The highest BCUT2D eigenvalue weighted by molar-refractivity contribution is 6.30. The summed E-state index contributed by atoms with van der Waals surface area (Å²) in [6.07, 6.45) is 1.63. The van der Waals surface area contributed by atoms with Crippen LogP contribution in [0.5, 0.6) is 0 Å². The Bertz CT molecular complexity index is 768. The van der Waals surface area contributed by atoms with Crippen LogP contribution in [0.2, 0.25) is 5.02 Å². The molecule has 0 atom stereocenters. The predicted octanol–water partition coefficient (Wildman–Crippen LogP) is 3.82. The molecule has 3 aromatic rings. The van der Waals surface area contributed by atoms with Crippen LogP contribution in [-0.2, 0) is 6.61 Å². The van der Waals surface area contributed by atoms with Gasteiger partial charge in [-0.05, 0) is 24.3 Å². The Kier molecular flexibility index (Phi) is 3.73. The predicted molar refractivity (Wildman–Crippen MR) is 79.9 cm³/mol. The van der Waals surface area contributed by atoms with E-state index in [4.69, 9.17) is 11.6 Å². The topological polar surface area (TPSA) is 38.0 Å². The summed E-state index contributed by atoms with van der Waals surface area (Å²) in [5, 5.41) is 14.5. The molecular weight excluding hydrogens is 291 g/mol. The van der Waals surface area contributed by atoms with Gasteiger partial charge >= 0.3 is 0 Å². The molecular formula is C16H12ClFN2O. The van der Waals surface area contributed by atoms with Crippen LogP contribution in [0, 0.1) is 5.82 Å². The number of halogens is 2. The summed E-state index contributed by atoms with van der Waals surface area (Å²) in [4.78, 5) is 0. The fourth-order valence-corrected chi connectivity index (χ4v) is 2.26. The lowest BCUT2D eigenvalue weighted by Crippen LogP contribution is -1.97. The zero-order valence-corrected chi connectivity index (χ0v) is 11.8. The quantitative estimate of drug-likeness (QED) is 0.798. The van der Waals surface area contributed by atoms with E-state index in [0.29, 0.717) is 22.0 Å². The molecule has 106 valence electrons. The SMILES string of the molecule is OCc1cn(-c2ccccc2F)nc1-c1ccc(Cl)cc1. The lowest BCUT2D eigenvalue weighted by atomic mass is 10.1. The first-order chi connectivity index (χ1) is 10.2. The minimum atomic E-state index is -0.368. The number of aromatic nitrogens is 2. The number of para-hydroxylation sites is 1. The monoisotopic (exact) mass is 302 g/mol. The third-order valence-electron chi connectivity index (χ3n) is 3.18. The maximum Gasteiger partial charge on any atom is 0.148 e. The summed E-state index contributed by atoms with van der Waals surface area (Å²) in [6.45, 7) is -0.174. The Morgan fingerprint density at radius 2 is 1.81 bits per heavy atom. The Labute approximate surface area is 126 Å². The molecule has 0 saturated heterocycles. The fourth-order valence-electron chi connectivity index (χ4n) is 2.14. The highest BCUT2D eigenvalue weighted by atomic mass is 35.5. The molecule has 1 aromatic heterocycles. The second-order valence-electron chi connectivity index (χ2n) is 4.56. The van der Waals surface area contributed by atoms with Crippen LogP contribution in [-0.4, -0.2) is 14.9 Å². The normalized spacial score (nSPS) is 10.8. The molecule has 1 N–H and O–H groups in total. The van der Waals surface area contributed by atoms with Crippen molar-refractivity contribution in [1.82, 2.24) is 9.78 Å². The lowest BCUT2D eigenvalue weighted by Gasteiger charge is -2.02. The molecule has 0 aliphatic carbocycles. The molecule has 21 heavy (non-hydrogen) atoms. The van der Waals surface area contributed by atoms with Crippen molar-refractivity contribution < 1.29 is 9.50 Å². The highest BCUT2D eigenvalue weighted by Gasteiger charge is 2.13. The summed E-state index contributed by atoms with van der Waals surface area (Å²) in [6, 6.07) is 13.5. The van der Waals surface area contributed by atoms with Gasteiger partial charge in [0.1, 0.15) is 11.5 Å². The van der Waals surface area contributed by atoms with Gasteiger partial charge in [0.15, 0.2) is 0 Å². The van der Waals surface area contributed by atoms with Crippen molar-refractivity contribution in [3.8, 4) is 16.9 Å². The van der Waals surface area contributed by atoms with E-state index in [2.05, 4.69) is 5.10 Å². The molecule has 0 spiro atoms. The molecule has 2 aromatic carbocycles. The van der Waals surface area contributed by atoms with Gasteiger partial charge in [-0.15, -0.1) is 0 Å². The van der Waals surface area contributed by atoms with Gasteiger partial charge in [0.05, 0.1) is 12.3 Å². The molecule has 3 nitrogen and oxygen atoms in total. The largest absolute Gasteiger partial charge is 0.392 e. The third kappa shape index (κ3) is 2.68. The van der Waals surface area contributed by atoms with Gasteiger partial charge in [0, 0.05) is 22.3 Å². The van der Waals surface area contributed by atoms with Crippen molar-refractivity contribution in [2.45, 2.75) is 6.61 Å². The Morgan fingerprint density at radius 3 is 2.48 bits per heavy atom. The molecule has 0 saturated carbocycles. The molecule has 0 bridgehead atoms. The molecule has 0 fully saturated rings. The van der Waals surface area contributed by atoms with Gasteiger partial charge in [-0.25, -0.2) is 9.07 Å². The van der Waals surface area contributed by atoms with Crippen molar-refractivity contribution in [3.63, 3.8) is 0 Å². The second kappa shape index (κ2) is 5.68. The first-order valence-corrected chi connectivity index (χ1v) is 6.77. The first kappa shape index (κ1) is 13.8. The zero-order chi connectivity index (χ0) is 14.8. The van der Waals surface area contributed by atoms with E-state index < -0.39 is 0 Å². The average molecular weight is 303 g/mol. The van der Waals surface area contributed by atoms with Crippen molar-refractivity contribution >= 4 is 11.6 Å². The zero-order valence-electron chi connectivity index (χ0n) is 11.0. The number of hydrogen-bond donors (Lipinski definition) is 1. The van der Waals surface area contributed by atoms with Crippen LogP contribution < -0.4 is 0 Å². The van der Waals surface area contributed by atoms with Gasteiger partial charge in [0.2, 0.25) is 0 Å². The molecule has 3 rings (SSSR count). The van der Waals surface area contributed by atoms with E-state index in [1.165, 1.54) is 10.7 Å². The van der Waals surface area contributed by atoms with Gasteiger partial charge < -0.3 is 5.11 Å². The average Bonchev–Trinajstić information content (AvgIpc) is 2.92. The van der Waals surface area contributed by atoms with Gasteiger partial charge in [0.25, 0.3) is 0 Å². The number of rotatable bonds is 3. The van der Waals surface area contributed by atoms with E-state index in [-0.39, 0.29) is 12.4 Å². The molecule has 0 unspecified atom stereocenters. The standard InChI is InChI=1S/C16H12ClFN2O/c17-13-7-5-11(6-8-13)16-12(10-21)9-20(19-16)15-4-2-1-3-14(15)18/h1-9,21H,10H2. The number of benzene rings is 2. The molecule has 1 heterocycles. The minimum Gasteiger partial charge on any atom is -0.392 e. The number of nitrogens with zero attached hydrogens (tertiary/aromatic N) is 2. The van der Waals surface area contributed by atoms with Crippen LogP contribution in [0.3, 0.4) is 0 Å². The van der Waals surface area contributed by atoms with E-state index in [1.807, 2.05) is 12.1 Å². The van der Waals surface area contributed by atoms with Crippen LogP contribution in [0.15, 0.2) is 54.7 Å². The Balaban J connectivity index is 2.11. The smallest absolute Gasteiger partial charge is 0.148 e. The fraction of sp³-hybridized carbons (Fsp3) is 0.0625. The summed E-state index contributed by atoms with van der Waals surface area (Å²) in [7, 11) is 0. The van der Waals surface area contributed by atoms with Crippen LogP contribution in [0.25, 0.3) is 16.9 Å². The third-order valence-corrected chi connectivity index (χ3v) is 3.43. The number of aliphatic hydroxyl groups is 1.